The zero-order chi connectivity index (χ0) is 20.9. The monoisotopic (exact) mass is 443 g/mol. The van der Waals surface area contributed by atoms with E-state index in [1.807, 2.05) is 0 Å². The van der Waals surface area contributed by atoms with Gasteiger partial charge in [0.15, 0.2) is 0 Å². The minimum atomic E-state index is -4.16. The van der Waals surface area contributed by atoms with Gasteiger partial charge < -0.3 is 15.0 Å². The van der Waals surface area contributed by atoms with Crippen LogP contribution in [0.25, 0.3) is 0 Å². The van der Waals surface area contributed by atoms with E-state index in [4.69, 9.17) is 0 Å². The van der Waals surface area contributed by atoms with Crippen LogP contribution in [0.2, 0.25) is 0 Å². The molecule has 0 rings (SSSR count). The van der Waals surface area contributed by atoms with Crippen LogP contribution in [0.4, 0.5) is 0 Å². The van der Waals surface area contributed by atoms with E-state index in [1.54, 1.807) is 0 Å². The minimum absolute atomic E-state index is 0. The topological polar surface area (TPSA) is 89.5 Å². The van der Waals surface area contributed by atoms with Crippen LogP contribution in [0.1, 0.15) is 116 Å². The molecule has 0 saturated heterocycles. The molecule has 0 spiro atoms. The van der Waals surface area contributed by atoms with Crippen molar-refractivity contribution in [1.29, 1.82) is 0 Å². The van der Waals surface area contributed by atoms with Crippen molar-refractivity contribution in [2.75, 3.05) is 18.8 Å². The van der Waals surface area contributed by atoms with Gasteiger partial charge in [-0.25, -0.2) is 8.42 Å². The van der Waals surface area contributed by atoms with Crippen molar-refractivity contribution in [2.45, 2.75) is 122 Å². The molecule has 0 aliphatic carbocycles. The number of aliphatic hydroxyl groups excluding tert-OH is 1. The number of unbranched alkanes of at least 4 members (excludes halogenated alkanes) is 15. The summed E-state index contributed by atoms with van der Waals surface area (Å²) >= 11 is 0. The van der Waals surface area contributed by atoms with E-state index in [0.29, 0.717) is 6.54 Å². The molecular formula is C22H46NNaO4S. The molecule has 7 heteroatoms. The maximum Gasteiger partial charge on any atom is 1.00 e. The average molecular weight is 444 g/mol. The number of hydrogen-bond donors (Lipinski definition) is 2. The molecule has 29 heavy (non-hydrogen) atoms. The first kappa shape index (κ1) is 32.0. The second-order valence-electron chi connectivity index (χ2n) is 8.21. The number of hydrogen-bond acceptors (Lipinski definition) is 5. The van der Waals surface area contributed by atoms with Crippen LogP contribution in [0.3, 0.4) is 0 Å². The summed E-state index contributed by atoms with van der Waals surface area (Å²) in [6.45, 7) is 2.74. The van der Waals surface area contributed by atoms with Gasteiger partial charge in [-0.05, 0) is 6.42 Å². The van der Waals surface area contributed by atoms with Crippen LogP contribution in [-0.2, 0) is 10.1 Å². The molecule has 0 aromatic carbocycles. The molecular weight excluding hydrogens is 397 g/mol. The van der Waals surface area contributed by atoms with Gasteiger partial charge in [-0.3, -0.25) is 0 Å². The molecule has 0 aromatic heterocycles. The molecule has 5 nitrogen and oxygen atoms in total. The van der Waals surface area contributed by atoms with Crippen molar-refractivity contribution in [3.05, 3.63) is 0 Å². The summed E-state index contributed by atoms with van der Waals surface area (Å²) in [7, 11) is -4.16. The Balaban J connectivity index is 0. The molecule has 2 N–H and O–H groups in total. The molecule has 0 radical (unpaired) electrons. The van der Waals surface area contributed by atoms with Crippen LogP contribution >= 0.6 is 0 Å². The van der Waals surface area contributed by atoms with Crippen molar-refractivity contribution >= 4 is 10.1 Å². The smallest absolute Gasteiger partial charge is 0.748 e. The van der Waals surface area contributed by atoms with E-state index in [-0.39, 0.29) is 36.1 Å². The van der Waals surface area contributed by atoms with Gasteiger partial charge in [0.1, 0.15) is 0 Å². The maximum atomic E-state index is 10.5. The summed E-state index contributed by atoms with van der Waals surface area (Å²) in [6.07, 6.45) is 21.6. The van der Waals surface area contributed by atoms with Crippen LogP contribution in [0, 0.1) is 0 Å². The first-order valence-corrected chi connectivity index (χ1v) is 13.4. The average Bonchev–Trinajstić information content (AvgIpc) is 2.64. The van der Waals surface area contributed by atoms with Crippen molar-refractivity contribution in [3.8, 4) is 0 Å². The molecule has 1 unspecified atom stereocenters. The molecule has 0 amide bonds. The van der Waals surface area contributed by atoms with Crippen molar-refractivity contribution < 1.29 is 47.6 Å². The fourth-order valence-electron chi connectivity index (χ4n) is 3.50. The Kier molecular flexibility index (Phi) is 25.9. The van der Waals surface area contributed by atoms with Crippen molar-refractivity contribution in [1.82, 2.24) is 5.32 Å². The number of aliphatic hydroxyl groups is 1. The molecule has 0 bridgehead atoms. The van der Waals surface area contributed by atoms with Crippen molar-refractivity contribution in [3.63, 3.8) is 0 Å². The second kappa shape index (κ2) is 23.5. The third-order valence-electron chi connectivity index (χ3n) is 5.30. The van der Waals surface area contributed by atoms with E-state index < -0.39 is 22.0 Å². The summed E-state index contributed by atoms with van der Waals surface area (Å²) in [4.78, 5) is 0. The second-order valence-corrected chi connectivity index (χ2v) is 9.74. The number of nitrogens with one attached hydrogen (secondary N) is 1. The molecule has 0 heterocycles. The Hall–Kier alpha value is 0.830. The Morgan fingerprint density at radius 1 is 0.759 bits per heavy atom. The van der Waals surface area contributed by atoms with Crippen LogP contribution in [0.5, 0.6) is 0 Å². The summed E-state index contributed by atoms with van der Waals surface area (Å²) in [6, 6.07) is 0. The Bertz CT molecular complexity index is 421. The van der Waals surface area contributed by atoms with E-state index >= 15 is 0 Å². The Labute approximate surface area is 203 Å². The first-order chi connectivity index (χ1) is 13.5. The summed E-state index contributed by atoms with van der Waals surface area (Å²) < 4.78 is 31.4. The van der Waals surface area contributed by atoms with Gasteiger partial charge in [-0.1, -0.05) is 110 Å². The van der Waals surface area contributed by atoms with Gasteiger partial charge in [0.25, 0.3) is 0 Å². The van der Waals surface area contributed by atoms with E-state index in [2.05, 4.69) is 12.2 Å². The summed E-state index contributed by atoms with van der Waals surface area (Å²) in [5.41, 5.74) is 0. The predicted molar refractivity (Wildman–Crippen MR) is 118 cm³/mol. The zero-order valence-electron chi connectivity index (χ0n) is 19.3. The largest absolute Gasteiger partial charge is 1.00 e. The Morgan fingerprint density at radius 3 is 1.52 bits per heavy atom. The van der Waals surface area contributed by atoms with E-state index in [1.165, 1.54) is 89.9 Å². The Morgan fingerprint density at radius 2 is 1.14 bits per heavy atom. The van der Waals surface area contributed by atoms with Crippen molar-refractivity contribution in [2.24, 2.45) is 0 Å². The van der Waals surface area contributed by atoms with Gasteiger partial charge >= 0.3 is 29.6 Å². The summed E-state index contributed by atoms with van der Waals surface area (Å²) in [5, 5.41) is 12.6. The third-order valence-corrected chi connectivity index (χ3v) is 6.00. The van der Waals surface area contributed by atoms with Gasteiger partial charge in [0.2, 0.25) is 0 Å². The van der Waals surface area contributed by atoms with Gasteiger partial charge in [0.05, 0.1) is 22.0 Å². The molecule has 0 fully saturated rings. The molecule has 0 aliphatic rings. The predicted octanol–water partition coefficient (Wildman–Crippen LogP) is 2.14. The number of rotatable bonds is 22. The van der Waals surface area contributed by atoms with E-state index in [0.717, 1.165) is 19.3 Å². The molecule has 0 aliphatic heterocycles. The fraction of sp³-hybridized carbons (Fsp3) is 1.00. The quantitative estimate of drug-likeness (QED) is 0.152. The molecule has 0 aromatic rings. The van der Waals surface area contributed by atoms with Gasteiger partial charge in [-0.2, -0.15) is 0 Å². The third kappa shape index (κ3) is 28.8. The summed E-state index contributed by atoms with van der Waals surface area (Å²) in [5.74, 6) is -0.418. The normalized spacial score (nSPS) is 12.7. The standard InChI is InChI=1S/C22H47NO4S.Na/c1-2-3-4-5-6-7-8-9-10-11-12-13-14-15-16-17-18-22(24)21-23-19-20-28(25,26)27;/h22-24H,2-21H2,1H3,(H,25,26,27);/q;+1/p-1. The SMILES string of the molecule is CCCCCCCCCCCCCCCCCCC(O)CNCCS(=O)(=O)[O-].[Na+]. The van der Waals surface area contributed by atoms with Gasteiger partial charge in [0, 0.05) is 13.1 Å². The first-order valence-electron chi connectivity index (χ1n) is 11.8. The van der Waals surface area contributed by atoms with Crippen LogP contribution < -0.4 is 34.9 Å². The molecule has 0 saturated carbocycles. The zero-order valence-corrected chi connectivity index (χ0v) is 22.1. The molecule has 170 valence electrons. The van der Waals surface area contributed by atoms with Gasteiger partial charge in [-0.15, -0.1) is 0 Å². The molecule has 1 atom stereocenters. The van der Waals surface area contributed by atoms with Crippen LogP contribution in [0.15, 0.2) is 0 Å². The minimum Gasteiger partial charge on any atom is -0.748 e. The van der Waals surface area contributed by atoms with E-state index in [9.17, 15) is 18.1 Å². The maximum absolute atomic E-state index is 10.5. The fourth-order valence-corrected chi connectivity index (χ4v) is 3.89. The van der Waals surface area contributed by atoms with Crippen LogP contribution in [-0.4, -0.2) is 43.0 Å².